The van der Waals surface area contributed by atoms with Gasteiger partial charge in [-0.05, 0) is 148 Å². The molecule has 2 heteroatoms. The molecule has 9 aromatic carbocycles. The number of aryl methyl sites for hydroxylation is 4. The molecule has 0 saturated carbocycles. The highest BCUT2D eigenvalue weighted by Gasteiger charge is 2.53. The van der Waals surface area contributed by atoms with Gasteiger partial charge in [0, 0.05) is 35.2 Å². The molecule has 0 atom stereocenters. The Kier molecular flexibility index (Phi) is 7.59. The van der Waals surface area contributed by atoms with Gasteiger partial charge < -0.3 is 9.80 Å². The van der Waals surface area contributed by atoms with Crippen molar-refractivity contribution in [3.8, 4) is 22.3 Å². The lowest BCUT2D eigenvalue weighted by atomic mass is 9.69. The fraction of sp³-hybridized carbons (Fsp3) is 0.107. The van der Waals surface area contributed by atoms with Crippen molar-refractivity contribution in [2.45, 2.75) is 33.1 Å². The molecule has 0 fully saturated rings. The van der Waals surface area contributed by atoms with E-state index in [0.29, 0.717) is 0 Å². The van der Waals surface area contributed by atoms with E-state index in [1.54, 1.807) is 0 Å². The van der Waals surface area contributed by atoms with Gasteiger partial charge in [-0.25, -0.2) is 0 Å². The Morgan fingerprint density at radius 2 is 0.983 bits per heavy atom. The summed E-state index contributed by atoms with van der Waals surface area (Å²) in [6.07, 6.45) is 0. The van der Waals surface area contributed by atoms with E-state index < -0.39 is 5.41 Å². The van der Waals surface area contributed by atoms with Crippen molar-refractivity contribution in [3.63, 3.8) is 0 Å². The maximum atomic E-state index is 2.56. The molecule has 2 aliphatic rings. The molecule has 2 nitrogen and oxygen atoms in total. The lowest BCUT2D eigenvalue weighted by molar-refractivity contribution is 0.802. The molecular weight excluding hydrogens is 701 g/mol. The monoisotopic (exact) mass is 744 g/mol. The third-order valence-electron chi connectivity index (χ3n) is 13.0. The molecule has 9 aromatic rings. The first kappa shape index (κ1) is 34.4. The highest BCUT2D eigenvalue weighted by atomic mass is 15.1. The second kappa shape index (κ2) is 12.8. The van der Waals surface area contributed by atoms with Crippen molar-refractivity contribution < 1.29 is 0 Å². The normalized spacial score (nSPS) is 13.1. The Bertz CT molecular complexity index is 3070. The summed E-state index contributed by atoms with van der Waals surface area (Å²) in [4.78, 5) is 4.81. The summed E-state index contributed by atoms with van der Waals surface area (Å²) in [5.74, 6) is 0. The van der Waals surface area contributed by atoms with E-state index in [1.165, 1.54) is 111 Å². The number of benzene rings is 9. The maximum Gasteiger partial charge on any atom is 0.0732 e. The molecule has 0 saturated heterocycles. The average molecular weight is 745 g/mol. The summed E-state index contributed by atoms with van der Waals surface area (Å²) in [6, 6.07) is 66.5. The topological polar surface area (TPSA) is 6.48 Å². The molecule has 2 aliphatic carbocycles. The zero-order chi connectivity index (χ0) is 39.3. The van der Waals surface area contributed by atoms with Crippen LogP contribution in [-0.4, -0.2) is 7.05 Å². The Morgan fingerprint density at radius 1 is 0.397 bits per heavy atom. The number of fused-ring (bicyclic) bond motifs is 14. The molecular formula is C56H44N2. The number of nitrogens with zero attached hydrogens (tertiary/aromatic N) is 2. The molecule has 11 rings (SSSR count). The van der Waals surface area contributed by atoms with Crippen LogP contribution in [0.25, 0.3) is 43.8 Å². The summed E-state index contributed by atoms with van der Waals surface area (Å²) in [5, 5.41) is 5.04. The fourth-order valence-corrected chi connectivity index (χ4v) is 10.2. The molecule has 0 bridgehead atoms. The molecule has 0 amide bonds. The van der Waals surface area contributed by atoms with E-state index in [-0.39, 0.29) is 0 Å². The quantitative estimate of drug-likeness (QED) is 0.173. The van der Waals surface area contributed by atoms with Gasteiger partial charge in [-0.3, -0.25) is 0 Å². The van der Waals surface area contributed by atoms with Crippen LogP contribution >= 0.6 is 0 Å². The Labute approximate surface area is 341 Å². The fourth-order valence-electron chi connectivity index (χ4n) is 10.2. The van der Waals surface area contributed by atoms with Gasteiger partial charge in [0.05, 0.1) is 11.1 Å². The minimum atomic E-state index is -0.541. The average Bonchev–Trinajstić information content (AvgIpc) is 3.73. The van der Waals surface area contributed by atoms with Gasteiger partial charge in [-0.15, -0.1) is 0 Å². The van der Waals surface area contributed by atoms with Crippen molar-refractivity contribution in [1.82, 2.24) is 0 Å². The van der Waals surface area contributed by atoms with E-state index in [1.807, 2.05) is 0 Å². The van der Waals surface area contributed by atoms with Gasteiger partial charge in [-0.2, -0.15) is 0 Å². The molecule has 0 N–H and O–H groups in total. The second-order valence-electron chi connectivity index (χ2n) is 16.5. The first-order valence-corrected chi connectivity index (χ1v) is 20.4. The van der Waals surface area contributed by atoms with Crippen molar-refractivity contribution in [2.24, 2.45) is 0 Å². The molecule has 0 radical (unpaired) electrons. The van der Waals surface area contributed by atoms with Crippen LogP contribution < -0.4 is 9.80 Å². The highest BCUT2D eigenvalue weighted by molar-refractivity contribution is 6.15. The summed E-state index contributed by atoms with van der Waals surface area (Å²) >= 11 is 0. The van der Waals surface area contributed by atoms with Crippen LogP contribution in [-0.2, 0) is 5.41 Å². The van der Waals surface area contributed by atoms with Crippen LogP contribution in [0, 0.1) is 27.7 Å². The van der Waals surface area contributed by atoms with E-state index in [2.05, 4.69) is 220 Å². The van der Waals surface area contributed by atoms with E-state index in [4.69, 9.17) is 0 Å². The van der Waals surface area contributed by atoms with Crippen molar-refractivity contribution >= 4 is 50.0 Å². The first-order valence-electron chi connectivity index (χ1n) is 20.4. The van der Waals surface area contributed by atoms with Crippen molar-refractivity contribution in [2.75, 3.05) is 16.8 Å². The smallest absolute Gasteiger partial charge is 0.0732 e. The van der Waals surface area contributed by atoms with Crippen LogP contribution in [0.5, 0.6) is 0 Å². The van der Waals surface area contributed by atoms with E-state index >= 15 is 0 Å². The number of hydrogen-bond donors (Lipinski definition) is 0. The van der Waals surface area contributed by atoms with Gasteiger partial charge in [0.1, 0.15) is 0 Å². The lowest BCUT2D eigenvalue weighted by Gasteiger charge is -2.34. The van der Waals surface area contributed by atoms with Crippen LogP contribution in [0.15, 0.2) is 176 Å². The van der Waals surface area contributed by atoms with Crippen LogP contribution in [0.4, 0.5) is 28.4 Å². The van der Waals surface area contributed by atoms with Crippen LogP contribution in [0.1, 0.15) is 44.5 Å². The molecule has 1 spiro atoms. The van der Waals surface area contributed by atoms with Crippen LogP contribution in [0.3, 0.4) is 0 Å². The summed E-state index contributed by atoms with van der Waals surface area (Å²) in [7, 11) is 2.17. The standard InChI is InChI=1S/C56H44N2/c1-35-19-25-40(26-20-35)57(5)42-29-31-43-39(33-42)24-30-48-54-47-15-7-6-14-46(47)53(58(41-27-21-36(2)22-28-41)52-32-37(3)18-23-38(52)4)34-51(54)56(55(43)48)49-16-10-8-12-44(49)45-13-9-11-17-50(45)56/h6-34H,1-5H3. The minimum absolute atomic E-state index is 0.541. The largest absolute Gasteiger partial charge is 0.345 e. The zero-order valence-electron chi connectivity index (χ0n) is 33.6. The van der Waals surface area contributed by atoms with Gasteiger partial charge in [0.2, 0.25) is 0 Å². The zero-order valence-corrected chi connectivity index (χ0v) is 33.6. The predicted octanol–water partition coefficient (Wildman–Crippen LogP) is 14.8. The van der Waals surface area contributed by atoms with E-state index in [0.717, 1.165) is 5.69 Å². The minimum Gasteiger partial charge on any atom is -0.345 e. The lowest BCUT2D eigenvalue weighted by Crippen LogP contribution is -2.26. The molecule has 278 valence electrons. The predicted molar refractivity (Wildman–Crippen MR) is 246 cm³/mol. The number of anilines is 5. The second-order valence-corrected chi connectivity index (χ2v) is 16.5. The third-order valence-corrected chi connectivity index (χ3v) is 13.0. The maximum absolute atomic E-state index is 2.56. The SMILES string of the molecule is Cc1ccc(N(C)c2ccc3c4c(ccc3c2)-c2c(cc(N(c3ccc(C)cc3)c3cc(C)ccc3C)c3ccccc23)C42c3ccccc3-c3ccccc32)cc1. The van der Waals surface area contributed by atoms with Crippen LogP contribution in [0.2, 0.25) is 0 Å². The Morgan fingerprint density at radius 3 is 1.67 bits per heavy atom. The first-order chi connectivity index (χ1) is 28.3. The highest BCUT2D eigenvalue weighted by Crippen LogP contribution is 2.66. The Balaban J connectivity index is 1.26. The molecule has 58 heavy (non-hydrogen) atoms. The number of rotatable bonds is 5. The molecule has 0 aromatic heterocycles. The summed E-state index contributed by atoms with van der Waals surface area (Å²) < 4.78 is 0. The van der Waals surface area contributed by atoms with Gasteiger partial charge in [0.25, 0.3) is 0 Å². The van der Waals surface area contributed by atoms with E-state index in [9.17, 15) is 0 Å². The number of hydrogen-bond acceptors (Lipinski definition) is 2. The molecule has 0 heterocycles. The third kappa shape index (κ3) is 4.85. The Hall–Kier alpha value is -6.90. The van der Waals surface area contributed by atoms with Crippen molar-refractivity contribution in [3.05, 3.63) is 220 Å². The molecule has 0 unspecified atom stereocenters. The molecule has 0 aliphatic heterocycles. The van der Waals surface area contributed by atoms with Gasteiger partial charge in [-0.1, -0.05) is 139 Å². The summed E-state index contributed by atoms with van der Waals surface area (Å²) in [6.45, 7) is 8.75. The van der Waals surface area contributed by atoms with Crippen molar-refractivity contribution in [1.29, 1.82) is 0 Å². The van der Waals surface area contributed by atoms with Gasteiger partial charge in [0.15, 0.2) is 0 Å². The summed E-state index contributed by atoms with van der Waals surface area (Å²) in [5.41, 5.74) is 21.0. The van der Waals surface area contributed by atoms with Gasteiger partial charge >= 0.3 is 0 Å².